The van der Waals surface area contributed by atoms with E-state index in [1.54, 1.807) is 0 Å². The van der Waals surface area contributed by atoms with Crippen LogP contribution in [0.1, 0.15) is 39.5 Å². The molecule has 11 heavy (non-hydrogen) atoms. The molecule has 1 fully saturated rings. The van der Waals surface area contributed by atoms with E-state index in [0.717, 1.165) is 23.6 Å². The summed E-state index contributed by atoms with van der Waals surface area (Å²) in [5, 5.41) is 0. The van der Waals surface area contributed by atoms with E-state index in [9.17, 15) is 0 Å². The summed E-state index contributed by atoms with van der Waals surface area (Å²) < 4.78 is 0. The van der Waals surface area contributed by atoms with Gasteiger partial charge >= 0.3 is 0 Å². The van der Waals surface area contributed by atoms with Gasteiger partial charge in [0.25, 0.3) is 0 Å². The molecule has 66 valence electrons. The van der Waals surface area contributed by atoms with Crippen molar-refractivity contribution in [1.29, 1.82) is 0 Å². The van der Waals surface area contributed by atoms with E-state index < -0.39 is 0 Å². The minimum atomic E-state index is 0.851. The first-order valence-corrected chi connectivity index (χ1v) is 5.31. The third-order valence-corrected chi connectivity index (χ3v) is 3.01. The topological polar surface area (TPSA) is 0 Å². The van der Waals surface area contributed by atoms with Crippen molar-refractivity contribution >= 4 is 11.6 Å². The smallest absolute Gasteiger partial charge is 0.0226 e. The van der Waals surface area contributed by atoms with Crippen molar-refractivity contribution in [1.82, 2.24) is 0 Å². The second-order valence-electron chi connectivity index (χ2n) is 4.26. The number of halogens is 1. The molecule has 1 unspecified atom stereocenters. The maximum atomic E-state index is 5.73. The molecule has 0 N–H and O–H groups in total. The standard InChI is InChI=1S/C10H19Cl/c1-8-5-9(2)7-10(6-8)3-4-11/h8-10H,3-7H2,1-2H3/t8-,9+,10?. The average Bonchev–Trinajstić information content (AvgIpc) is 1.85. The van der Waals surface area contributed by atoms with Crippen molar-refractivity contribution in [2.24, 2.45) is 17.8 Å². The lowest BCUT2D eigenvalue weighted by Crippen LogP contribution is -2.19. The molecule has 1 rings (SSSR count). The number of alkyl halides is 1. The fourth-order valence-corrected chi connectivity index (χ4v) is 2.81. The molecule has 0 spiro atoms. The normalized spacial score (nSPS) is 39.0. The molecule has 3 atom stereocenters. The van der Waals surface area contributed by atoms with Crippen LogP contribution in [0.4, 0.5) is 0 Å². The van der Waals surface area contributed by atoms with Gasteiger partial charge in [-0.05, 0) is 43.4 Å². The predicted octanol–water partition coefficient (Wildman–Crippen LogP) is 3.69. The number of hydrogen-bond donors (Lipinski definition) is 0. The third-order valence-electron chi connectivity index (χ3n) is 2.79. The summed E-state index contributed by atoms with van der Waals surface area (Å²) in [5.41, 5.74) is 0. The summed E-state index contributed by atoms with van der Waals surface area (Å²) in [6.45, 7) is 4.74. The van der Waals surface area contributed by atoms with Crippen molar-refractivity contribution in [2.75, 3.05) is 5.88 Å². The molecule has 0 aromatic carbocycles. The molecule has 0 bridgehead atoms. The van der Waals surface area contributed by atoms with Crippen molar-refractivity contribution in [3.8, 4) is 0 Å². The molecular formula is C10H19Cl. The zero-order valence-electron chi connectivity index (χ0n) is 7.65. The maximum absolute atomic E-state index is 5.73. The Kier molecular flexibility index (Phi) is 3.71. The van der Waals surface area contributed by atoms with Crippen LogP contribution in [0.15, 0.2) is 0 Å². The van der Waals surface area contributed by atoms with Crippen LogP contribution in [0.5, 0.6) is 0 Å². The van der Waals surface area contributed by atoms with E-state index in [1.807, 2.05) is 0 Å². The molecule has 0 aromatic heterocycles. The summed E-state index contributed by atoms with van der Waals surface area (Å²) in [6.07, 6.45) is 5.49. The van der Waals surface area contributed by atoms with E-state index in [4.69, 9.17) is 11.6 Å². The van der Waals surface area contributed by atoms with Crippen LogP contribution in [0.2, 0.25) is 0 Å². The van der Waals surface area contributed by atoms with E-state index >= 15 is 0 Å². The van der Waals surface area contributed by atoms with Gasteiger partial charge in [0.2, 0.25) is 0 Å². The van der Waals surface area contributed by atoms with E-state index in [0.29, 0.717) is 0 Å². The highest BCUT2D eigenvalue weighted by Crippen LogP contribution is 2.34. The van der Waals surface area contributed by atoms with Crippen LogP contribution >= 0.6 is 11.6 Å². The fraction of sp³-hybridized carbons (Fsp3) is 1.00. The largest absolute Gasteiger partial charge is 0.127 e. The van der Waals surface area contributed by atoms with Gasteiger partial charge < -0.3 is 0 Å². The second kappa shape index (κ2) is 4.35. The summed E-state index contributed by atoms with van der Waals surface area (Å²) in [7, 11) is 0. The minimum absolute atomic E-state index is 0.851. The Morgan fingerprint density at radius 1 is 1.09 bits per heavy atom. The highest BCUT2D eigenvalue weighted by molar-refractivity contribution is 6.17. The first kappa shape index (κ1) is 9.38. The summed E-state index contributed by atoms with van der Waals surface area (Å²) in [5.74, 6) is 3.65. The monoisotopic (exact) mass is 174 g/mol. The zero-order valence-corrected chi connectivity index (χ0v) is 8.40. The van der Waals surface area contributed by atoms with Crippen molar-refractivity contribution in [3.63, 3.8) is 0 Å². The highest BCUT2D eigenvalue weighted by atomic mass is 35.5. The van der Waals surface area contributed by atoms with Crippen molar-refractivity contribution in [2.45, 2.75) is 39.5 Å². The molecule has 0 nitrogen and oxygen atoms in total. The van der Waals surface area contributed by atoms with Crippen molar-refractivity contribution < 1.29 is 0 Å². The average molecular weight is 175 g/mol. The third kappa shape index (κ3) is 3.02. The van der Waals surface area contributed by atoms with Crippen LogP contribution in [0.3, 0.4) is 0 Å². The van der Waals surface area contributed by atoms with Gasteiger partial charge in [0.1, 0.15) is 0 Å². The molecule has 0 aromatic rings. The van der Waals surface area contributed by atoms with Crippen LogP contribution in [-0.2, 0) is 0 Å². The molecule has 1 aliphatic rings. The maximum Gasteiger partial charge on any atom is 0.0226 e. The van der Waals surface area contributed by atoms with Crippen LogP contribution in [0.25, 0.3) is 0 Å². The zero-order chi connectivity index (χ0) is 8.27. The van der Waals surface area contributed by atoms with Gasteiger partial charge in [0.15, 0.2) is 0 Å². The lowest BCUT2D eigenvalue weighted by molar-refractivity contribution is 0.215. The quantitative estimate of drug-likeness (QED) is 0.561. The number of hydrogen-bond acceptors (Lipinski definition) is 0. The van der Waals surface area contributed by atoms with Gasteiger partial charge in [-0.1, -0.05) is 13.8 Å². The summed E-state index contributed by atoms with van der Waals surface area (Å²) in [4.78, 5) is 0. The highest BCUT2D eigenvalue weighted by Gasteiger charge is 2.22. The fourth-order valence-electron chi connectivity index (χ4n) is 2.50. The van der Waals surface area contributed by atoms with Crippen LogP contribution in [-0.4, -0.2) is 5.88 Å². The Hall–Kier alpha value is 0.290. The Bertz CT molecular complexity index is 101. The molecule has 1 heteroatoms. The summed E-state index contributed by atoms with van der Waals surface area (Å²) >= 11 is 5.73. The van der Waals surface area contributed by atoms with Gasteiger partial charge in [-0.25, -0.2) is 0 Å². The van der Waals surface area contributed by atoms with Crippen molar-refractivity contribution in [3.05, 3.63) is 0 Å². The van der Waals surface area contributed by atoms with E-state index in [-0.39, 0.29) is 0 Å². The first-order valence-electron chi connectivity index (χ1n) is 4.78. The minimum Gasteiger partial charge on any atom is -0.127 e. The molecule has 0 heterocycles. The predicted molar refractivity (Wildman–Crippen MR) is 51.0 cm³/mol. The Morgan fingerprint density at radius 2 is 1.64 bits per heavy atom. The van der Waals surface area contributed by atoms with Gasteiger partial charge in [0.05, 0.1) is 0 Å². The molecule has 0 aliphatic heterocycles. The SMILES string of the molecule is C[C@@H]1CC(CCCl)C[C@H](C)C1. The lowest BCUT2D eigenvalue weighted by atomic mass is 9.76. The lowest BCUT2D eigenvalue weighted by Gasteiger charge is -2.30. The number of rotatable bonds is 2. The molecule has 1 aliphatic carbocycles. The molecule has 0 saturated heterocycles. The molecule has 0 amide bonds. The van der Waals surface area contributed by atoms with Crippen LogP contribution in [0, 0.1) is 17.8 Å². The van der Waals surface area contributed by atoms with Crippen LogP contribution < -0.4 is 0 Å². The molecular weight excluding hydrogens is 156 g/mol. The second-order valence-corrected chi connectivity index (χ2v) is 4.64. The van der Waals surface area contributed by atoms with Gasteiger partial charge in [0, 0.05) is 5.88 Å². The summed E-state index contributed by atoms with van der Waals surface area (Å²) in [6, 6.07) is 0. The van der Waals surface area contributed by atoms with E-state index in [1.165, 1.54) is 25.7 Å². The first-order chi connectivity index (χ1) is 5.22. The van der Waals surface area contributed by atoms with Gasteiger partial charge in [-0.3, -0.25) is 0 Å². The Morgan fingerprint density at radius 3 is 2.09 bits per heavy atom. The molecule has 0 radical (unpaired) electrons. The van der Waals surface area contributed by atoms with E-state index in [2.05, 4.69) is 13.8 Å². The Balaban J connectivity index is 2.30. The molecule has 1 saturated carbocycles. The van der Waals surface area contributed by atoms with Gasteiger partial charge in [-0.15, -0.1) is 11.6 Å². The Labute approximate surface area is 75.3 Å². The van der Waals surface area contributed by atoms with Gasteiger partial charge in [-0.2, -0.15) is 0 Å².